The molecule has 4 fully saturated rings. The van der Waals surface area contributed by atoms with Crippen molar-refractivity contribution in [3.8, 4) is 0 Å². The maximum atomic E-state index is 12.1. The fraction of sp³-hybridized carbons (Fsp3) is 0.792. The quantitative estimate of drug-likeness (QED) is 0.757. The van der Waals surface area contributed by atoms with Crippen LogP contribution in [-0.2, 0) is 6.42 Å². The fourth-order valence-electron chi connectivity index (χ4n) is 8.10. The highest BCUT2D eigenvalue weighted by Crippen LogP contribution is 2.66. The maximum absolute atomic E-state index is 12.1. The van der Waals surface area contributed by atoms with E-state index in [4.69, 9.17) is 4.42 Å². The normalized spacial score (nSPS) is 47.8. The number of fused-ring (bicyclic) bond motifs is 5. The fourth-order valence-corrected chi connectivity index (χ4v) is 8.10. The van der Waals surface area contributed by atoms with Crippen LogP contribution < -0.4 is 0 Å². The van der Waals surface area contributed by atoms with Gasteiger partial charge in [-0.3, -0.25) is 4.79 Å². The van der Waals surface area contributed by atoms with Gasteiger partial charge in [-0.05, 0) is 111 Å². The highest BCUT2D eigenvalue weighted by atomic mass is 16.3. The van der Waals surface area contributed by atoms with Crippen molar-refractivity contribution in [2.24, 2.45) is 35.0 Å². The lowest BCUT2D eigenvalue weighted by molar-refractivity contribution is -0.189. The molecule has 8 atom stereocenters. The number of aldehydes is 1. The molecule has 0 spiro atoms. The Balaban J connectivity index is 1.37. The van der Waals surface area contributed by atoms with E-state index in [-0.39, 0.29) is 11.5 Å². The van der Waals surface area contributed by atoms with Crippen LogP contribution in [0.15, 0.2) is 16.7 Å². The first-order valence-corrected chi connectivity index (χ1v) is 11.4. The van der Waals surface area contributed by atoms with Crippen molar-refractivity contribution < 1.29 is 19.4 Å². The molecule has 1 heterocycles. The van der Waals surface area contributed by atoms with Gasteiger partial charge in [-0.2, -0.15) is 0 Å². The summed E-state index contributed by atoms with van der Waals surface area (Å²) >= 11 is 0. The molecule has 154 valence electrons. The first-order chi connectivity index (χ1) is 13.4. The first kappa shape index (κ1) is 18.9. The minimum absolute atomic E-state index is 0.0478. The zero-order valence-electron chi connectivity index (χ0n) is 17.0. The summed E-state index contributed by atoms with van der Waals surface area (Å²) in [5.74, 6) is 3.28. The lowest BCUT2D eigenvalue weighted by atomic mass is 9.47. The monoisotopic (exact) mass is 386 g/mol. The van der Waals surface area contributed by atoms with Crippen molar-refractivity contribution >= 4 is 6.29 Å². The van der Waals surface area contributed by atoms with Crippen LogP contribution >= 0.6 is 0 Å². The number of hydrogen-bond donors (Lipinski definition) is 2. The standard InChI is InChI=1S/C24H34O4/c1-23-8-7-21-20-4-3-18(26)12-16(20)2-5-22(21)24(23,27)9-6-17(23)10-15-11-19(13-25)28-14-15/h11,13-14,16-18,20-22,26-27H,2-10,12H2,1H3. The van der Waals surface area contributed by atoms with E-state index in [0.29, 0.717) is 35.3 Å². The molecule has 0 aromatic carbocycles. The molecule has 4 nitrogen and oxygen atoms in total. The van der Waals surface area contributed by atoms with Crippen molar-refractivity contribution in [3.63, 3.8) is 0 Å². The van der Waals surface area contributed by atoms with Gasteiger partial charge in [-0.15, -0.1) is 0 Å². The van der Waals surface area contributed by atoms with Gasteiger partial charge in [0.1, 0.15) is 0 Å². The number of carbonyl (C=O) groups is 1. The van der Waals surface area contributed by atoms with Gasteiger partial charge in [0.25, 0.3) is 0 Å². The van der Waals surface area contributed by atoms with Crippen molar-refractivity contribution in [3.05, 3.63) is 23.7 Å². The second-order valence-corrected chi connectivity index (χ2v) is 10.5. The largest absolute Gasteiger partial charge is 0.461 e. The van der Waals surface area contributed by atoms with E-state index in [2.05, 4.69) is 6.92 Å². The first-order valence-electron chi connectivity index (χ1n) is 11.4. The molecule has 5 rings (SSSR count). The number of rotatable bonds is 3. The van der Waals surface area contributed by atoms with Crippen molar-refractivity contribution in [2.75, 3.05) is 0 Å². The Bertz CT molecular complexity index is 741. The summed E-state index contributed by atoms with van der Waals surface area (Å²) in [5, 5.41) is 22.2. The molecule has 0 aliphatic heterocycles. The van der Waals surface area contributed by atoms with Crippen LogP contribution in [0, 0.1) is 35.0 Å². The van der Waals surface area contributed by atoms with E-state index in [1.165, 1.54) is 12.8 Å². The van der Waals surface area contributed by atoms with Gasteiger partial charge in [0.15, 0.2) is 12.0 Å². The average Bonchev–Trinajstić information content (AvgIpc) is 3.25. The topological polar surface area (TPSA) is 70.7 Å². The lowest BCUT2D eigenvalue weighted by Gasteiger charge is -2.60. The number of aliphatic hydroxyl groups excluding tert-OH is 1. The van der Waals surface area contributed by atoms with Crippen molar-refractivity contribution in [1.29, 1.82) is 0 Å². The molecule has 28 heavy (non-hydrogen) atoms. The third-order valence-electron chi connectivity index (χ3n) is 9.58. The van der Waals surface area contributed by atoms with Crippen LogP contribution in [0.3, 0.4) is 0 Å². The Labute approximate surface area is 167 Å². The van der Waals surface area contributed by atoms with Gasteiger partial charge in [-0.1, -0.05) is 6.92 Å². The van der Waals surface area contributed by atoms with Gasteiger partial charge >= 0.3 is 0 Å². The third-order valence-corrected chi connectivity index (χ3v) is 9.58. The minimum atomic E-state index is -0.557. The van der Waals surface area contributed by atoms with Crippen LogP contribution in [0.2, 0.25) is 0 Å². The maximum Gasteiger partial charge on any atom is 0.185 e. The number of carbonyl (C=O) groups excluding carboxylic acids is 1. The molecular formula is C24H34O4. The van der Waals surface area contributed by atoms with Gasteiger partial charge < -0.3 is 14.6 Å². The van der Waals surface area contributed by atoms with Gasteiger partial charge in [0.05, 0.1) is 18.0 Å². The molecule has 0 saturated heterocycles. The van der Waals surface area contributed by atoms with Crippen LogP contribution in [0.5, 0.6) is 0 Å². The van der Waals surface area contributed by atoms with Crippen LogP contribution in [0.25, 0.3) is 0 Å². The molecule has 0 amide bonds. The van der Waals surface area contributed by atoms with E-state index in [1.807, 2.05) is 6.07 Å². The summed E-state index contributed by atoms with van der Waals surface area (Å²) in [6.07, 6.45) is 12.9. The molecule has 8 unspecified atom stereocenters. The zero-order chi connectivity index (χ0) is 19.5. The van der Waals surface area contributed by atoms with Crippen LogP contribution in [-0.4, -0.2) is 28.2 Å². The second-order valence-electron chi connectivity index (χ2n) is 10.5. The summed E-state index contributed by atoms with van der Waals surface area (Å²) < 4.78 is 5.32. The van der Waals surface area contributed by atoms with Gasteiger partial charge in [0, 0.05) is 0 Å². The molecule has 4 heteroatoms. The number of aliphatic hydroxyl groups is 2. The predicted octanol–water partition coefficient (Wildman–Crippen LogP) is 4.38. The minimum Gasteiger partial charge on any atom is -0.461 e. The zero-order valence-corrected chi connectivity index (χ0v) is 17.0. The summed E-state index contributed by atoms with van der Waals surface area (Å²) in [5.41, 5.74) is 0.483. The second kappa shape index (κ2) is 6.70. The van der Waals surface area contributed by atoms with Crippen LogP contribution in [0.4, 0.5) is 0 Å². The SMILES string of the molecule is CC12CCC3C4CCC(O)CC4CCC3C1(O)CCC2Cc1coc(C=O)c1. The highest BCUT2D eigenvalue weighted by Gasteiger charge is 2.64. The Morgan fingerprint density at radius 3 is 2.79 bits per heavy atom. The summed E-state index contributed by atoms with van der Waals surface area (Å²) in [4.78, 5) is 10.9. The Morgan fingerprint density at radius 2 is 2.00 bits per heavy atom. The van der Waals surface area contributed by atoms with E-state index in [0.717, 1.165) is 63.2 Å². The lowest BCUT2D eigenvalue weighted by Crippen LogP contribution is -2.59. The molecule has 1 aromatic heterocycles. The molecule has 0 bridgehead atoms. The average molecular weight is 387 g/mol. The molecule has 2 N–H and O–H groups in total. The highest BCUT2D eigenvalue weighted by molar-refractivity contribution is 5.70. The third kappa shape index (κ3) is 2.67. The molecular weight excluding hydrogens is 352 g/mol. The van der Waals surface area contributed by atoms with E-state index in [1.54, 1.807) is 6.26 Å². The molecule has 4 aliphatic carbocycles. The van der Waals surface area contributed by atoms with E-state index < -0.39 is 5.60 Å². The Morgan fingerprint density at radius 1 is 1.14 bits per heavy atom. The molecule has 4 aliphatic rings. The van der Waals surface area contributed by atoms with E-state index >= 15 is 0 Å². The smallest absolute Gasteiger partial charge is 0.185 e. The molecule has 0 radical (unpaired) electrons. The summed E-state index contributed by atoms with van der Waals surface area (Å²) in [6, 6.07) is 1.86. The predicted molar refractivity (Wildman–Crippen MR) is 106 cm³/mol. The van der Waals surface area contributed by atoms with Crippen molar-refractivity contribution in [1.82, 2.24) is 0 Å². The molecule has 1 aromatic rings. The van der Waals surface area contributed by atoms with Gasteiger partial charge in [0.2, 0.25) is 0 Å². The Hall–Kier alpha value is -1.13. The number of furan rings is 1. The van der Waals surface area contributed by atoms with Crippen LogP contribution in [0.1, 0.15) is 80.8 Å². The van der Waals surface area contributed by atoms with Crippen molar-refractivity contribution in [2.45, 2.75) is 82.8 Å². The number of hydrogen-bond acceptors (Lipinski definition) is 4. The van der Waals surface area contributed by atoms with E-state index in [9.17, 15) is 15.0 Å². The van der Waals surface area contributed by atoms with Gasteiger partial charge in [-0.25, -0.2) is 0 Å². The molecule has 4 saturated carbocycles. The summed E-state index contributed by atoms with van der Waals surface area (Å²) in [7, 11) is 0. The summed E-state index contributed by atoms with van der Waals surface area (Å²) in [6.45, 7) is 2.33. The Kier molecular flexibility index (Phi) is 4.52.